The van der Waals surface area contributed by atoms with Crippen LogP contribution in [0.5, 0.6) is 0 Å². The van der Waals surface area contributed by atoms with Gasteiger partial charge in [0.15, 0.2) is 0 Å². The van der Waals surface area contributed by atoms with Gasteiger partial charge < -0.3 is 10.5 Å². The molecule has 2 N–H and O–H groups in total. The second-order valence-electron chi connectivity index (χ2n) is 4.84. The largest absolute Gasteiger partial charge is 0.366 e. The standard InChI is InChI=1S/C16H20FNOS/c1-3-14(18)16(15-9-8-11(2)20-15)19-10-12-6-4-5-7-13(12)17/h4-9,14,16H,3,10,18H2,1-2H3. The zero-order valence-electron chi connectivity index (χ0n) is 11.8. The van der Waals surface area contributed by atoms with Gasteiger partial charge in [-0.05, 0) is 31.5 Å². The Hall–Kier alpha value is -1.23. The number of halogens is 1. The van der Waals surface area contributed by atoms with E-state index in [4.69, 9.17) is 10.5 Å². The maximum Gasteiger partial charge on any atom is 0.128 e. The first-order chi connectivity index (χ1) is 9.61. The average Bonchev–Trinajstić information content (AvgIpc) is 2.87. The molecule has 0 amide bonds. The van der Waals surface area contributed by atoms with Gasteiger partial charge in [0.2, 0.25) is 0 Å². The fraction of sp³-hybridized carbons (Fsp3) is 0.375. The zero-order valence-corrected chi connectivity index (χ0v) is 12.6. The molecule has 0 aliphatic rings. The summed E-state index contributed by atoms with van der Waals surface area (Å²) in [6, 6.07) is 10.7. The Morgan fingerprint density at radius 1 is 1.25 bits per heavy atom. The summed E-state index contributed by atoms with van der Waals surface area (Å²) >= 11 is 1.68. The van der Waals surface area contributed by atoms with Crippen molar-refractivity contribution < 1.29 is 9.13 Å². The molecule has 2 atom stereocenters. The molecule has 2 unspecified atom stereocenters. The average molecular weight is 293 g/mol. The molecule has 0 spiro atoms. The number of ether oxygens (including phenoxy) is 1. The lowest BCUT2D eigenvalue weighted by atomic mass is 10.1. The Balaban J connectivity index is 2.11. The van der Waals surface area contributed by atoms with Gasteiger partial charge in [-0.25, -0.2) is 4.39 Å². The summed E-state index contributed by atoms with van der Waals surface area (Å²) in [4.78, 5) is 2.33. The molecule has 0 fully saturated rings. The van der Waals surface area contributed by atoms with Crippen LogP contribution in [-0.4, -0.2) is 6.04 Å². The topological polar surface area (TPSA) is 35.2 Å². The molecule has 1 heterocycles. The first-order valence-corrected chi connectivity index (χ1v) is 7.60. The fourth-order valence-corrected chi connectivity index (χ4v) is 3.04. The van der Waals surface area contributed by atoms with Crippen LogP contribution in [0.15, 0.2) is 36.4 Å². The van der Waals surface area contributed by atoms with Crippen molar-refractivity contribution in [3.05, 3.63) is 57.5 Å². The quantitative estimate of drug-likeness (QED) is 0.866. The van der Waals surface area contributed by atoms with Crippen LogP contribution >= 0.6 is 11.3 Å². The van der Waals surface area contributed by atoms with E-state index in [1.165, 1.54) is 10.9 Å². The number of benzene rings is 1. The molecular weight excluding hydrogens is 273 g/mol. The molecule has 4 heteroatoms. The second-order valence-corrected chi connectivity index (χ2v) is 6.16. The van der Waals surface area contributed by atoms with Gasteiger partial charge in [0.1, 0.15) is 11.9 Å². The summed E-state index contributed by atoms with van der Waals surface area (Å²) < 4.78 is 19.5. The van der Waals surface area contributed by atoms with Crippen LogP contribution in [-0.2, 0) is 11.3 Å². The Morgan fingerprint density at radius 3 is 2.60 bits per heavy atom. The van der Waals surface area contributed by atoms with Crippen molar-refractivity contribution in [3.8, 4) is 0 Å². The second kappa shape index (κ2) is 6.97. The molecule has 2 rings (SSSR count). The maximum absolute atomic E-state index is 13.6. The Kier molecular flexibility index (Phi) is 5.29. The fourth-order valence-electron chi connectivity index (χ4n) is 2.03. The highest BCUT2D eigenvalue weighted by molar-refractivity contribution is 7.12. The van der Waals surface area contributed by atoms with Crippen LogP contribution in [0.2, 0.25) is 0 Å². The highest BCUT2D eigenvalue weighted by atomic mass is 32.1. The van der Waals surface area contributed by atoms with Crippen molar-refractivity contribution >= 4 is 11.3 Å². The third-order valence-corrected chi connectivity index (χ3v) is 4.34. The molecule has 0 aliphatic heterocycles. The summed E-state index contributed by atoms with van der Waals surface area (Å²) in [5.41, 5.74) is 6.71. The van der Waals surface area contributed by atoms with E-state index >= 15 is 0 Å². The van der Waals surface area contributed by atoms with Crippen LogP contribution in [0.4, 0.5) is 4.39 Å². The van der Waals surface area contributed by atoms with E-state index < -0.39 is 0 Å². The first kappa shape index (κ1) is 15.2. The SMILES string of the molecule is CCC(N)C(OCc1ccccc1F)c1ccc(C)s1. The predicted molar refractivity (Wildman–Crippen MR) is 81.3 cm³/mol. The Labute approximate surface area is 123 Å². The van der Waals surface area contributed by atoms with Crippen LogP contribution in [0.25, 0.3) is 0 Å². The summed E-state index contributed by atoms with van der Waals surface area (Å²) in [5.74, 6) is -0.237. The van der Waals surface area contributed by atoms with Crippen molar-refractivity contribution in [2.45, 2.75) is 39.0 Å². The van der Waals surface area contributed by atoms with Crippen LogP contribution in [0.1, 0.15) is 34.8 Å². The number of aryl methyl sites for hydroxylation is 1. The monoisotopic (exact) mass is 293 g/mol. The molecule has 1 aromatic heterocycles. The van der Waals surface area contributed by atoms with E-state index in [-0.39, 0.29) is 24.6 Å². The lowest BCUT2D eigenvalue weighted by Gasteiger charge is -2.22. The van der Waals surface area contributed by atoms with Gasteiger partial charge in [-0.1, -0.05) is 25.1 Å². The molecule has 0 saturated carbocycles. The highest BCUT2D eigenvalue weighted by Gasteiger charge is 2.21. The number of hydrogen-bond donors (Lipinski definition) is 1. The molecule has 0 bridgehead atoms. The Morgan fingerprint density at radius 2 is 2.00 bits per heavy atom. The molecule has 20 heavy (non-hydrogen) atoms. The Bertz CT molecular complexity index is 555. The predicted octanol–water partition coefficient (Wildman–Crippen LogP) is 4.19. The zero-order chi connectivity index (χ0) is 14.5. The van der Waals surface area contributed by atoms with Crippen LogP contribution in [0, 0.1) is 12.7 Å². The molecule has 2 nitrogen and oxygen atoms in total. The molecule has 1 aromatic carbocycles. The number of thiophene rings is 1. The molecule has 0 aliphatic carbocycles. The maximum atomic E-state index is 13.6. The van der Waals surface area contributed by atoms with E-state index in [9.17, 15) is 4.39 Å². The minimum atomic E-state index is -0.237. The third-order valence-electron chi connectivity index (χ3n) is 3.28. The first-order valence-electron chi connectivity index (χ1n) is 6.78. The molecule has 0 radical (unpaired) electrons. The van der Waals surface area contributed by atoms with E-state index in [1.807, 2.05) is 19.1 Å². The van der Waals surface area contributed by atoms with Gasteiger partial charge in [-0.2, -0.15) is 0 Å². The van der Waals surface area contributed by atoms with E-state index in [2.05, 4.69) is 13.0 Å². The van der Waals surface area contributed by atoms with Crippen molar-refractivity contribution in [3.63, 3.8) is 0 Å². The van der Waals surface area contributed by atoms with Crippen molar-refractivity contribution in [1.82, 2.24) is 0 Å². The molecular formula is C16H20FNOS. The number of hydrogen-bond acceptors (Lipinski definition) is 3. The summed E-state index contributed by atoms with van der Waals surface area (Å²) in [6.45, 7) is 4.33. The van der Waals surface area contributed by atoms with Gasteiger partial charge in [0.25, 0.3) is 0 Å². The summed E-state index contributed by atoms with van der Waals surface area (Å²) in [6.07, 6.45) is 0.636. The highest BCUT2D eigenvalue weighted by Crippen LogP contribution is 2.29. The van der Waals surface area contributed by atoms with Crippen molar-refractivity contribution in [2.24, 2.45) is 5.73 Å². The number of rotatable bonds is 6. The van der Waals surface area contributed by atoms with Crippen LogP contribution < -0.4 is 5.73 Å². The smallest absolute Gasteiger partial charge is 0.128 e. The lowest BCUT2D eigenvalue weighted by molar-refractivity contribution is 0.0222. The van der Waals surface area contributed by atoms with Gasteiger partial charge in [0.05, 0.1) is 6.61 Å². The normalized spacial score (nSPS) is 14.2. The minimum Gasteiger partial charge on any atom is -0.366 e. The van der Waals surface area contributed by atoms with E-state index in [1.54, 1.807) is 23.5 Å². The van der Waals surface area contributed by atoms with Gasteiger partial charge in [-0.15, -0.1) is 11.3 Å². The summed E-state index contributed by atoms with van der Waals surface area (Å²) in [5, 5.41) is 0. The number of nitrogens with two attached hydrogens (primary N) is 1. The van der Waals surface area contributed by atoms with Gasteiger partial charge in [0, 0.05) is 21.4 Å². The molecule has 0 saturated heterocycles. The molecule has 2 aromatic rings. The van der Waals surface area contributed by atoms with Gasteiger partial charge in [-0.3, -0.25) is 0 Å². The van der Waals surface area contributed by atoms with Crippen molar-refractivity contribution in [2.75, 3.05) is 0 Å². The van der Waals surface area contributed by atoms with Crippen LogP contribution in [0.3, 0.4) is 0 Å². The van der Waals surface area contributed by atoms with Crippen molar-refractivity contribution in [1.29, 1.82) is 0 Å². The van der Waals surface area contributed by atoms with E-state index in [0.29, 0.717) is 5.56 Å². The molecule has 108 valence electrons. The third kappa shape index (κ3) is 3.66. The van der Waals surface area contributed by atoms with E-state index in [0.717, 1.165) is 11.3 Å². The van der Waals surface area contributed by atoms with Gasteiger partial charge >= 0.3 is 0 Å². The summed E-state index contributed by atoms with van der Waals surface area (Å²) in [7, 11) is 0. The minimum absolute atomic E-state index is 0.0835. The lowest BCUT2D eigenvalue weighted by Crippen LogP contribution is -2.29.